The van der Waals surface area contributed by atoms with Crippen LogP contribution in [-0.2, 0) is 11.3 Å². The lowest BCUT2D eigenvalue weighted by molar-refractivity contribution is 0.107. The van der Waals surface area contributed by atoms with Crippen LogP contribution < -0.4 is 4.90 Å². The van der Waals surface area contributed by atoms with Crippen LogP contribution >= 0.6 is 11.8 Å². The number of anilines is 1. The van der Waals surface area contributed by atoms with Crippen LogP contribution in [0.25, 0.3) is 0 Å². The minimum absolute atomic E-state index is 0.218. The highest BCUT2D eigenvalue weighted by molar-refractivity contribution is 8.00. The quantitative estimate of drug-likeness (QED) is 0.829. The van der Waals surface area contributed by atoms with Crippen molar-refractivity contribution in [3.05, 3.63) is 60.2 Å². The van der Waals surface area contributed by atoms with Crippen LogP contribution in [0.3, 0.4) is 0 Å². The fraction of sp³-hybridized carbons (Fsp3) is 0.294. The average Bonchev–Trinajstić information content (AvgIpc) is 2.96. The molecule has 20 heavy (non-hydrogen) atoms. The Hall–Kier alpha value is -1.45. The van der Waals surface area contributed by atoms with E-state index in [-0.39, 0.29) is 6.23 Å². The molecule has 0 radical (unpaired) electrons. The number of hydrogen-bond donors (Lipinski definition) is 0. The molecule has 0 saturated carbocycles. The number of ether oxygens (including phenoxy) is 1. The monoisotopic (exact) mass is 283 g/mol. The van der Waals surface area contributed by atoms with Crippen LogP contribution in [0.1, 0.15) is 12.0 Å². The molecule has 2 unspecified atom stereocenters. The SMILES string of the molecule is c1ccc(CN2c3ccccc3SC3CCOC32)cc1. The summed E-state index contributed by atoms with van der Waals surface area (Å²) in [5, 5.41) is 0.564. The van der Waals surface area contributed by atoms with Gasteiger partial charge in [0.05, 0.1) is 17.5 Å². The Kier molecular flexibility index (Phi) is 3.17. The van der Waals surface area contributed by atoms with Gasteiger partial charge < -0.3 is 9.64 Å². The minimum Gasteiger partial charge on any atom is -0.357 e. The second-order valence-electron chi connectivity index (χ2n) is 5.29. The van der Waals surface area contributed by atoms with Crippen molar-refractivity contribution >= 4 is 17.4 Å². The van der Waals surface area contributed by atoms with Gasteiger partial charge in [-0.2, -0.15) is 0 Å². The summed E-state index contributed by atoms with van der Waals surface area (Å²) in [5.41, 5.74) is 2.65. The van der Waals surface area contributed by atoms with Gasteiger partial charge in [-0.25, -0.2) is 0 Å². The van der Waals surface area contributed by atoms with Crippen molar-refractivity contribution in [3.63, 3.8) is 0 Å². The average molecular weight is 283 g/mol. The Morgan fingerprint density at radius 1 is 1.05 bits per heavy atom. The molecule has 2 aromatic rings. The van der Waals surface area contributed by atoms with Crippen molar-refractivity contribution < 1.29 is 4.74 Å². The first kappa shape index (κ1) is 12.3. The van der Waals surface area contributed by atoms with E-state index in [1.807, 2.05) is 11.8 Å². The molecule has 0 spiro atoms. The number of fused-ring (bicyclic) bond motifs is 2. The Balaban J connectivity index is 1.71. The molecular formula is C17H17NOS. The van der Waals surface area contributed by atoms with Crippen molar-refractivity contribution in [2.24, 2.45) is 0 Å². The lowest BCUT2D eigenvalue weighted by atomic mass is 10.1. The zero-order valence-electron chi connectivity index (χ0n) is 11.2. The van der Waals surface area contributed by atoms with Gasteiger partial charge in [-0.1, -0.05) is 42.5 Å². The highest BCUT2D eigenvalue weighted by Crippen LogP contribution is 2.45. The predicted molar refractivity (Wildman–Crippen MR) is 83.1 cm³/mol. The smallest absolute Gasteiger partial charge is 0.142 e. The normalized spacial score (nSPS) is 24.3. The maximum absolute atomic E-state index is 6.00. The van der Waals surface area contributed by atoms with E-state index in [2.05, 4.69) is 59.5 Å². The first-order valence-electron chi connectivity index (χ1n) is 7.10. The van der Waals surface area contributed by atoms with Crippen LogP contribution in [0.15, 0.2) is 59.5 Å². The molecule has 2 heterocycles. The Bertz CT molecular complexity index is 601. The van der Waals surface area contributed by atoms with E-state index in [9.17, 15) is 0 Å². The molecule has 2 aliphatic heterocycles. The van der Waals surface area contributed by atoms with Gasteiger partial charge in [-0.3, -0.25) is 0 Å². The van der Waals surface area contributed by atoms with Crippen molar-refractivity contribution in [1.29, 1.82) is 0 Å². The minimum atomic E-state index is 0.218. The summed E-state index contributed by atoms with van der Waals surface area (Å²) in [6.07, 6.45) is 1.37. The lowest BCUT2D eigenvalue weighted by Crippen LogP contribution is -2.42. The fourth-order valence-electron chi connectivity index (χ4n) is 3.01. The van der Waals surface area contributed by atoms with Gasteiger partial charge >= 0.3 is 0 Å². The van der Waals surface area contributed by atoms with Gasteiger partial charge in [0.15, 0.2) is 0 Å². The maximum atomic E-state index is 6.00. The second kappa shape index (κ2) is 5.15. The largest absolute Gasteiger partial charge is 0.357 e. The molecule has 0 bridgehead atoms. The molecule has 0 amide bonds. The predicted octanol–water partition coefficient (Wildman–Crippen LogP) is 3.91. The first-order chi connectivity index (χ1) is 9.92. The van der Waals surface area contributed by atoms with Crippen LogP contribution in [-0.4, -0.2) is 18.1 Å². The highest BCUT2D eigenvalue weighted by atomic mass is 32.2. The Labute approximate surface area is 123 Å². The van der Waals surface area contributed by atoms with E-state index < -0.39 is 0 Å². The molecule has 2 aliphatic rings. The van der Waals surface area contributed by atoms with E-state index in [0.717, 1.165) is 19.6 Å². The topological polar surface area (TPSA) is 12.5 Å². The lowest BCUT2D eigenvalue weighted by Gasteiger charge is -2.39. The first-order valence-corrected chi connectivity index (χ1v) is 7.98. The Morgan fingerprint density at radius 2 is 1.85 bits per heavy atom. The summed E-state index contributed by atoms with van der Waals surface area (Å²) in [5.74, 6) is 0. The van der Waals surface area contributed by atoms with Crippen molar-refractivity contribution in [2.75, 3.05) is 11.5 Å². The van der Waals surface area contributed by atoms with Crippen LogP contribution in [0.5, 0.6) is 0 Å². The number of hydrogen-bond acceptors (Lipinski definition) is 3. The zero-order valence-corrected chi connectivity index (χ0v) is 12.1. The van der Waals surface area contributed by atoms with Gasteiger partial charge in [0, 0.05) is 11.4 Å². The zero-order chi connectivity index (χ0) is 13.4. The molecule has 1 saturated heterocycles. The van der Waals surface area contributed by atoms with Gasteiger partial charge in [0.1, 0.15) is 6.23 Å². The summed E-state index contributed by atoms with van der Waals surface area (Å²) >= 11 is 1.98. The summed E-state index contributed by atoms with van der Waals surface area (Å²) in [4.78, 5) is 3.81. The van der Waals surface area contributed by atoms with Crippen molar-refractivity contribution in [1.82, 2.24) is 0 Å². The molecule has 4 rings (SSSR count). The maximum Gasteiger partial charge on any atom is 0.142 e. The van der Waals surface area contributed by atoms with Gasteiger partial charge in [0.2, 0.25) is 0 Å². The fourth-order valence-corrected chi connectivity index (χ4v) is 4.36. The number of benzene rings is 2. The molecule has 2 atom stereocenters. The number of thioether (sulfide) groups is 1. The van der Waals surface area contributed by atoms with Crippen molar-refractivity contribution in [2.45, 2.75) is 29.3 Å². The molecule has 2 aromatic carbocycles. The number of rotatable bonds is 2. The molecule has 0 N–H and O–H groups in total. The molecule has 102 valence electrons. The van der Waals surface area contributed by atoms with Gasteiger partial charge in [-0.05, 0) is 24.1 Å². The van der Waals surface area contributed by atoms with E-state index in [1.165, 1.54) is 16.1 Å². The molecule has 3 heteroatoms. The summed E-state index contributed by atoms with van der Waals surface area (Å²) in [6, 6.07) is 19.3. The highest BCUT2D eigenvalue weighted by Gasteiger charge is 2.39. The van der Waals surface area contributed by atoms with Crippen molar-refractivity contribution in [3.8, 4) is 0 Å². The van der Waals surface area contributed by atoms with Crippen LogP contribution in [0, 0.1) is 0 Å². The molecule has 2 nitrogen and oxygen atoms in total. The molecule has 1 fully saturated rings. The standard InChI is InChI=1S/C17H17NOS/c1-2-6-13(7-3-1)12-18-14-8-4-5-9-15(14)20-16-10-11-19-17(16)18/h1-9,16-17H,10-12H2. The number of para-hydroxylation sites is 1. The molecule has 0 aromatic heterocycles. The van der Waals surface area contributed by atoms with E-state index in [1.54, 1.807) is 0 Å². The van der Waals surface area contributed by atoms with Gasteiger partial charge in [-0.15, -0.1) is 11.8 Å². The third-order valence-corrected chi connectivity index (χ3v) is 5.34. The molecular weight excluding hydrogens is 266 g/mol. The summed E-state index contributed by atoms with van der Waals surface area (Å²) in [7, 11) is 0. The summed E-state index contributed by atoms with van der Waals surface area (Å²) in [6.45, 7) is 1.79. The third-order valence-electron chi connectivity index (χ3n) is 3.96. The van der Waals surface area contributed by atoms with E-state index >= 15 is 0 Å². The van der Waals surface area contributed by atoms with E-state index in [4.69, 9.17) is 4.74 Å². The van der Waals surface area contributed by atoms with Gasteiger partial charge in [0.25, 0.3) is 0 Å². The summed E-state index contributed by atoms with van der Waals surface area (Å²) < 4.78 is 6.00. The van der Waals surface area contributed by atoms with E-state index in [0.29, 0.717) is 5.25 Å². The molecule has 0 aliphatic carbocycles. The second-order valence-corrected chi connectivity index (χ2v) is 6.57. The third kappa shape index (κ3) is 2.11. The Morgan fingerprint density at radius 3 is 2.75 bits per heavy atom. The van der Waals surface area contributed by atoms with Crippen LogP contribution in [0.2, 0.25) is 0 Å². The number of nitrogens with zero attached hydrogens (tertiary/aromatic N) is 1. The van der Waals surface area contributed by atoms with Crippen LogP contribution in [0.4, 0.5) is 5.69 Å².